The van der Waals surface area contributed by atoms with Crippen molar-refractivity contribution in [3.63, 3.8) is 0 Å². The van der Waals surface area contributed by atoms with Gasteiger partial charge in [0.1, 0.15) is 18.9 Å². The minimum atomic E-state index is -0.628. The van der Waals surface area contributed by atoms with Gasteiger partial charge in [-0.15, -0.1) is 0 Å². The number of hydrogen-bond donors (Lipinski definition) is 0. The molecule has 2 saturated heterocycles. The number of aryl methyl sites for hydroxylation is 1. The highest BCUT2D eigenvalue weighted by molar-refractivity contribution is 6.23. The Bertz CT molecular complexity index is 1230. The fourth-order valence-electron chi connectivity index (χ4n) is 4.98. The lowest BCUT2D eigenvalue weighted by Gasteiger charge is -2.35. The molecule has 3 amide bonds. The summed E-state index contributed by atoms with van der Waals surface area (Å²) in [4.78, 5) is 37.6. The molecule has 182 valence electrons. The number of imide groups is 1. The summed E-state index contributed by atoms with van der Waals surface area (Å²) in [6, 6.07) is 14.0. The third-order valence-electron chi connectivity index (χ3n) is 7.15. The molecule has 2 aromatic carbocycles. The zero-order valence-corrected chi connectivity index (χ0v) is 20.3. The van der Waals surface area contributed by atoms with E-state index in [1.807, 2.05) is 28.8 Å². The van der Waals surface area contributed by atoms with Crippen LogP contribution < -0.4 is 4.90 Å². The quantitative estimate of drug-likeness (QED) is 0.620. The minimum Gasteiger partial charge on any atom is -0.367 e. The van der Waals surface area contributed by atoms with Crippen molar-refractivity contribution in [1.82, 2.24) is 14.7 Å². The van der Waals surface area contributed by atoms with Crippen molar-refractivity contribution in [2.75, 3.05) is 51.7 Å². The molecule has 3 aliphatic heterocycles. The number of nitrogens with zero attached hydrogens (tertiary/aromatic N) is 6. The highest BCUT2D eigenvalue weighted by Gasteiger charge is 2.53. The highest BCUT2D eigenvalue weighted by Crippen LogP contribution is 2.23. The maximum absolute atomic E-state index is 14.2. The third kappa shape index (κ3) is 4.20. The Kier molecular flexibility index (Phi) is 6.10. The van der Waals surface area contributed by atoms with E-state index in [1.54, 1.807) is 13.1 Å². The number of amidine groups is 2. The van der Waals surface area contributed by atoms with Gasteiger partial charge in [-0.1, -0.05) is 36.4 Å². The number of rotatable bonds is 5. The zero-order valence-electron chi connectivity index (χ0n) is 20.3. The van der Waals surface area contributed by atoms with E-state index in [9.17, 15) is 14.0 Å². The summed E-state index contributed by atoms with van der Waals surface area (Å²) in [5.74, 6) is 0.781. The van der Waals surface area contributed by atoms with Gasteiger partial charge in [-0.05, 0) is 35.2 Å². The molecule has 0 N–H and O–H groups in total. The summed E-state index contributed by atoms with van der Waals surface area (Å²) < 4.78 is 16.3. The highest BCUT2D eigenvalue weighted by atomic mass is 19.1. The maximum atomic E-state index is 14.2. The smallest absolute Gasteiger partial charge is 0.333 e. The lowest BCUT2D eigenvalue weighted by molar-refractivity contribution is -0.552. The van der Waals surface area contributed by atoms with E-state index in [0.29, 0.717) is 37.7 Å². The molecule has 3 heterocycles. The van der Waals surface area contributed by atoms with E-state index in [4.69, 9.17) is 4.99 Å². The first-order valence-electron chi connectivity index (χ1n) is 11.9. The molecule has 0 saturated carbocycles. The molecule has 8 nitrogen and oxygen atoms in total. The number of aliphatic imine (C=N–C) groups is 1. The topological polar surface area (TPSA) is 62.5 Å². The number of carbonyl (C=O) groups is 2. The van der Waals surface area contributed by atoms with Gasteiger partial charge in [0, 0.05) is 40.3 Å². The van der Waals surface area contributed by atoms with E-state index in [-0.39, 0.29) is 17.8 Å². The summed E-state index contributed by atoms with van der Waals surface area (Å²) in [6.07, 6.45) is 0. The van der Waals surface area contributed by atoms with Crippen LogP contribution in [-0.2, 0) is 11.3 Å². The summed E-state index contributed by atoms with van der Waals surface area (Å²) in [6.45, 7) is 6.02. The van der Waals surface area contributed by atoms with E-state index in [1.165, 1.54) is 22.9 Å². The molecule has 2 fully saturated rings. The first kappa shape index (κ1) is 23.2. The molecular formula is C26H30FN6O2+. The van der Waals surface area contributed by atoms with Gasteiger partial charge in [0.2, 0.25) is 0 Å². The monoisotopic (exact) mass is 477 g/mol. The second kappa shape index (κ2) is 9.22. The van der Waals surface area contributed by atoms with Gasteiger partial charge in [-0.3, -0.25) is 19.5 Å². The van der Waals surface area contributed by atoms with Gasteiger partial charge >= 0.3 is 11.9 Å². The molecule has 1 atom stereocenters. The second-order valence-corrected chi connectivity index (χ2v) is 9.30. The Morgan fingerprint density at radius 1 is 0.971 bits per heavy atom. The normalized spacial score (nSPS) is 21.1. The Hall–Kier alpha value is -3.59. The van der Waals surface area contributed by atoms with E-state index < -0.39 is 6.04 Å². The van der Waals surface area contributed by atoms with Gasteiger partial charge in [0.15, 0.2) is 0 Å². The molecule has 3 aliphatic rings. The molecule has 0 radical (unpaired) electrons. The Labute approximate surface area is 204 Å². The number of halogens is 1. The van der Waals surface area contributed by atoms with Crippen molar-refractivity contribution in [1.29, 1.82) is 0 Å². The summed E-state index contributed by atoms with van der Waals surface area (Å²) >= 11 is 0. The average molecular weight is 478 g/mol. The molecule has 2 aromatic rings. The lowest BCUT2D eigenvalue weighted by Crippen LogP contribution is -2.61. The van der Waals surface area contributed by atoms with Crippen LogP contribution in [0.1, 0.15) is 11.1 Å². The van der Waals surface area contributed by atoms with Crippen molar-refractivity contribution in [3.05, 3.63) is 65.5 Å². The van der Waals surface area contributed by atoms with Crippen molar-refractivity contribution in [3.8, 4) is 0 Å². The van der Waals surface area contributed by atoms with Gasteiger partial charge < -0.3 is 4.90 Å². The Balaban J connectivity index is 1.41. The number of hydrogen-bond acceptors (Lipinski definition) is 5. The molecule has 35 heavy (non-hydrogen) atoms. The van der Waals surface area contributed by atoms with E-state index in [2.05, 4.69) is 28.9 Å². The summed E-state index contributed by atoms with van der Waals surface area (Å²) in [7, 11) is 3.18. The SMILES string of the molecule is Cc1ccccc1C[N+]1=C(CN2CCN(c3ccccc3F)CC2)N=C2C1C(=O)N(C)C(=O)N2C. The Morgan fingerprint density at radius 3 is 2.37 bits per heavy atom. The fraction of sp³-hybridized carbons (Fsp3) is 0.385. The minimum absolute atomic E-state index is 0.207. The Morgan fingerprint density at radius 2 is 1.66 bits per heavy atom. The van der Waals surface area contributed by atoms with Crippen LogP contribution >= 0.6 is 0 Å². The van der Waals surface area contributed by atoms with Crippen molar-refractivity contribution in [2.24, 2.45) is 4.99 Å². The maximum Gasteiger partial charge on any atom is 0.333 e. The fourth-order valence-corrected chi connectivity index (χ4v) is 4.98. The molecule has 0 spiro atoms. The average Bonchev–Trinajstić information content (AvgIpc) is 3.21. The molecule has 5 rings (SSSR count). The second-order valence-electron chi connectivity index (χ2n) is 9.30. The molecule has 9 heteroatoms. The molecule has 0 aromatic heterocycles. The number of likely N-dealkylation sites (N-methyl/N-ethyl adjacent to an activating group) is 2. The van der Waals surface area contributed by atoms with E-state index >= 15 is 0 Å². The number of amides is 3. The third-order valence-corrected chi connectivity index (χ3v) is 7.15. The number of benzene rings is 2. The van der Waals surface area contributed by atoms with Crippen LogP contribution in [0.25, 0.3) is 0 Å². The number of carbonyl (C=O) groups excluding carboxylic acids is 2. The zero-order chi connectivity index (χ0) is 24.7. The van der Waals surface area contributed by atoms with Gasteiger partial charge in [-0.25, -0.2) is 13.8 Å². The predicted molar refractivity (Wildman–Crippen MR) is 132 cm³/mol. The number of fused-ring (bicyclic) bond motifs is 1. The number of piperazine rings is 1. The molecule has 1 unspecified atom stereocenters. The number of anilines is 1. The molecular weight excluding hydrogens is 447 g/mol. The molecule has 0 aliphatic carbocycles. The van der Waals surface area contributed by atoms with Gasteiger partial charge in [0.05, 0.1) is 5.69 Å². The van der Waals surface area contributed by atoms with Crippen LogP contribution in [0.2, 0.25) is 0 Å². The predicted octanol–water partition coefficient (Wildman–Crippen LogP) is 2.17. The first-order valence-corrected chi connectivity index (χ1v) is 11.9. The number of urea groups is 1. The molecule has 0 bridgehead atoms. The van der Waals surface area contributed by atoms with Crippen LogP contribution in [0.4, 0.5) is 14.9 Å². The van der Waals surface area contributed by atoms with Crippen LogP contribution in [0.15, 0.2) is 53.5 Å². The number of para-hydroxylation sites is 1. The summed E-state index contributed by atoms with van der Waals surface area (Å²) in [5, 5.41) is 0. The van der Waals surface area contributed by atoms with Gasteiger partial charge in [0.25, 0.3) is 17.8 Å². The van der Waals surface area contributed by atoms with Crippen LogP contribution in [0, 0.1) is 12.7 Å². The first-order chi connectivity index (χ1) is 16.8. The standard InChI is InChI=1S/C26H30FN6O2/c1-18-8-4-5-9-19(18)16-33-22(28-24-23(33)25(34)30(3)26(35)29(24)2)17-31-12-14-32(15-13-31)21-11-7-6-10-20(21)27/h4-11,23H,12-17H2,1-3H3/q+1. The van der Waals surface area contributed by atoms with Gasteiger partial charge in [-0.2, -0.15) is 0 Å². The van der Waals surface area contributed by atoms with Crippen molar-refractivity contribution < 1.29 is 18.6 Å². The van der Waals surface area contributed by atoms with Crippen LogP contribution in [0.3, 0.4) is 0 Å². The van der Waals surface area contributed by atoms with E-state index in [0.717, 1.165) is 30.1 Å². The largest absolute Gasteiger partial charge is 0.367 e. The summed E-state index contributed by atoms with van der Waals surface area (Å²) in [5.41, 5.74) is 2.88. The lowest BCUT2D eigenvalue weighted by atomic mass is 10.1. The van der Waals surface area contributed by atoms with Crippen LogP contribution in [0.5, 0.6) is 0 Å². The van der Waals surface area contributed by atoms with Crippen molar-refractivity contribution >= 4 is 29.3 Å². The van der Waals surface area contributed by atoms with Crippen molar-refractivity contribution in [2.45, 2.75) is 19.5 Å². The van der Waals surface area contributed by atoms with Crippen LogP contribution in [-0.4, -0.2) is 95.7 Å².